The molecule has 0 unspecified atom stereocenters. The maximum Gasteiger partial charge on any atom is 0.339 e. The Morgan fingerprint density at radius 1 is 0.822 bits per heavy atom. The van der Waals surface area contributed by atoms with Gasteiger partial charge in [-0.1, -0.05) is 79.7 Å². The summed E-state index contributed by atoms with van der Waals surface area (Å²) in [5, 5.41) is 0. The van der Waals surface area contributed by atoms with E-state index in [9.17, 15) is 9.59 Å². The number of nitrogens with zero attached hydrogens (tertiary/aromatic N) is 5. The zero-order valence-electron chi connectivity index (χ0n) is 26.4. The van der Waals surface area contributed by atoms with E-state index < -0.39 is 5.60 Å². The number of fused-ring (bicyclic) bond motifs is 1. The maximum atomic E-state index is 13.5. The summed E-state index contributed by atoms with van der Waals surface area (Å²) in [6, 6.07) is 29.7. The lowest BCUT2D eigenvalue weighted by Crippen LogP contribution is -2.49. The van der Waals surface area contributed by atoms with Crippen molar-refractivity contribution in [2.45, 2.75) is 59.2 Å². The number of rotatable bonds is 8. The molecule has 3 aromatic carbocycles. The van der Waals surface area contributed by atoms with Crippen molar-refractivity contribution in [3.63, 3.8) is 0 Å². The summed E-state index contributed by atoms with van der Waals surface area (Å²) in [4.78, 5) is 40.0. The molecule has 0 saturated carbocycles. The Morgan fingerprint density at radius 2 is 1.53 bits per heavy atom. The Balaban J connectivity index is 1.25. The molecule has 45 heavy (non-hydrogen) atoms. The number of amides is 2. The topological polar surface area (TPSA) is 80.6 Å². The third-order valence-corrected chi connectivity index (χ3v) is 7.93. The van der Waals surface area contributed by atoms with Crippen LogP contribution >= 0.6 is 0 Å². The number of pyridine rings is 1. The molecule has 0 aliphatic carbocycles. The molecule has 230 valence electrons. The zero-order valence-corrected chi connectivity index (χ0v) is 26.4. The van der Waals surface area contributed by atoms with Crippen molar-refractivity contribution in [2.75, 3.05) is 18.0 Å². The number of aromatic nitrogens is 3. The highest BCUT2D eigenvalue weighted by molar-refractivity contribution is 5.97. The summed E-state index contributed by atoms with van der Waals surface area (Å²) in [6.07, 6.45) is 1.63. The van der Waals surface area contributed by atoms with Crippen LogP contribution in [0.25, 0.3) is 22.3 Å². The molecule has 0 atom stereocenters. The Morgan fingerprint density at radius 3 is 2.27 bits per heavy atom. The van der Waals surface area contributed by atoms with Crippen molar-refractivity contribution in [1.29, 1.82) is 0 Å². The number of hydrogen-bond donors (Lipinski definition) is 0. The van der Waals surface area contributed by atoms with Gasteiger partial charge in [-0.3, -0.25) is 4.90 Å². The third kappa shape index (κ3) is 6.60. The van der Waals surface area contributed by atoms with Crippen molar-refractivity contribution in [1.82, 2.24) is 19.4 Å². The molecular weight excluding hydrogens is 562 g/mol. The van der Waals surface area contributed by atoms with Gasteiger partial charge in [0.2, 0.25) is 0 Å². The molecular formula is C37H39N5O3. The number of carbonyl (C=O) groups excluding carboxylic acids is 2. The number of aryl methyl sites for hydroxylation is 1. The first-order valence-corrected chi connectivity index (χ1v) is 15.6. The summed E-state index contributed by atoms with van der Waals surface area (Å²) in [5.74, 6) is 1.24. The molecule has 1 saturated heterocycles. The van der Waals surface area contributed by atoms with Gasteiger partial charge >= 0.3 is 12.0 Å². The van der Waals surface area contributed by atoms with Crippen molar-refractivity contribution < 1.29 is 14.3 Å². The van der Waals surface area contributed by atoms with E-state index in [1.54, 1.807) is 11.0 Å². The van der Waals surface area contributed by atoms with Crippen LogP contribution in [-0.2, 0) is 24.2 Å². The highest BCUT2D eigenvalue weighted by Gasteiger charge is 2.28. The highest BCUT2D eigenvalue weighted by atomic mass is 16.6. The number of ether oxygens (including phenoxy) is 1. The second-order valence-corrected chi connectivity index (χ2v) is 12.4. The summed E-state index contributed by atoms with van der Waals surface area (Å²) in [7, 11) is 0. The van der Waals surface area contributed by atoms with Crippen LogP contribution in [0.3, 0.4) is 0 Å². The van der Waals surface area contributed by atoms with Crippen LogP contribution in [0.2, 0.25) is 0 Å². The van der Waals surface area contributed by atoms with Gasteiger partial charge in [0.15, 0.2) is 5.65 Å². The molecule has 0 N–H and O–H groups in total. The lowest BCUT2D eigenvalue weighted by Gasteiger charge is -2.35. The quantitative estimate of drug-likeness (QED) is 0.172. The van der Waals surface area contributed by atoms with Gasteiger partial charge in [-0.15, -0.1) is 0 Å². The molecule has 0 radical (unpaired) electrons. The summed E-state index contributed by atoms with van der Waals surface area (Å²) < 4.78 is 7.79. The van der Waals surface area contributed by atoms with Crippen LogP contribution in [0.4, 0.5) is 10.6 Å². The van der Waals surface area contributed by atoms with Crippen molar-refractivity contribution in [2.24, 2.45) is 0 Å². The maximum absolute atomic E-state index is 13.5. The van der Waals surface area contributed by atoms with E-state index in [1.807, 2.05) is 98.5 Å². The number of carbonyl (C=O) groups is 2. The number of imidazole rings is 1. The Kier molecular flexibility index (Phi) is 8.39. The fourth-order valence-corrected chi connectivity index (χ4v) is 5.79. The van der Waals surface area contributed by atoms with Gasteiger partial charge in [0.05, 0.1) is 12.1 Å². The first-order valence-electron chi connectivity index (χ1n) is 15.6. The molecule has 1 fully saturated rings. The number of benzene rings is 3. The van der Waals surface area contributed by atoms with E-state index in [2.05, 4.69) is 23.6 Å². The molecule has 8 heteroatoms. The van der Waals surface area contributed by atoms with E-state index in [-0.39, 0.29) is 12.0 Å². The largest absolute Gasteiger partial charge is 0.456 e. The predicted molar refractivity (Wildman–Crippen MR) is 177 cm³/mol. The summed E-state index contributed by atoms with van der Waals surface area (Å²) >= 11 is 0. The third-order valence-electron chi connectivity index (χ3n) is 7.93. The van der Waals surface area contributed by atoms with Gasteiger partial charge in [-0.05, 0) is 67.6 Å². The van der Waals surface area contributed by atoms with Crippen molar-refractivity contribution >= 4 is 29.0 Å². The van der Waals surface area contributed by atoms with Gasteiger partial charge in [-0.25, -0.2) is 19.6 Å². The summed E-state index contributed by atoms with van der Waals surface area (Å²) in [6.45, 7) is 10.2. The molecule has 5 aromatic rings. The van der Waals surface area contributed by atoms with E-state index in [4.69, 9.17) is 14.7 Å². The first kappa shape index (κ1) is 30.1. The van der Waals surface area contributed by atoms with Crippen LogP contribution in [0.1, 0.15) is 61.4 Å². The fraction of sp³-hybridized carbons (Fsp3) is 0.297. The zero-order chi connectivity index (χ0) is 31.6. The summed E-state index contributed by atoms with van der Waals surface area (Å²) in [5.41, 5.74) is 5.50. The molecule has 1 aliphatic heterocycles. The Labute approximate surface area is 264 Å². The Hall–Kier alpha value is -4.98. The van der Waals surface area contributed by atoms with E-state index >= 15 is 0 Å². The lowest BCUT2D eigenvalue weighted by molar-refractivity contribution is 0.00704. The first-order chi connectivity index (χ1) is 21.7. The normalized spacial score (nSPS) is 13.8. The second-order valence-electron chi connectivity index (χ2n) is 12.4. The van der Waals surface area contributed by atoms with E-state index in [0.29, 0.717) is 31.0 Å². The van der Waals surface area contributed by atoms with Crippen molar-refractivity contribution in [3.8, 4) is 11.1 Å². The van der Waals surface area contributed by atoms with Crippen LogP contribution in [-0.4, -0.2) is 50.1 Å². The second kappa shape index (κ2) is 12.6. The molecule has 8 nitrogen and oxygen atoms in total. The molecule has 2 amide bonds. The van der Waals surface area contributed by atoms with Crippen LogP contribution in [0.15, 0.2) is 91.0 Å². The molecule has 1 aliphatic rings. The number of anilines is 1. The average Bonchev–Trinajstić information content (AvgIpc) is 3.38. The number of esters is 1. The van der Waals surface area contributed by atoms with E-state index in [1.165, 1.54) is 0 Å². The van der Waals surface area contributed by atoms with Crippen LogP contribution in [0.5, 0.6) is 0 Å². The van der Waals surface area contributed by atoms with Crippen LogP contribution < -0.4 is 4.90 Å². The minimum atomic E-state index is -0.574. The highest BCUT2D eigenvalue weighted by Crippen LogP contribution is 2.28. The molecule has 6 rings (SSSR count). The minimum Gasteiger partial charge on any atom is -0.456 e. The molecule has 2 aromatic heterocycles. The SMILES string of the molecule is CCc1nc2ccc(N3CCCN(Cc4ccccc4)C3=O)nc2n1Cc1ccc(-c2ccccc2C(=O)OC(C)(C)C)cc1. The van der Waals surface area contributed by atoms with Crippen molar-refractivity contribution in [3.05, 3.63) is 114 Å². The van der Waals surface area contributed by atoms with E-state index in [0.717, 1.165) is 58.6 Å². The number of urea groups is 1. The molecule has 3 heterocycles. The lowest BCUT2D eigenvalue weighted by atomic mass is 9.98. The fourth-order valence-electron chi connectivity index (χ4n) is 5.79. The smallest absolute Gasteiger partial charge is 0.339 e. The van der Waals surface area contributed by atoms with Gasteiger partial charge in [-0.2, -0.15) is 0 Å². The number of hydrogen-bond acceptors (Lipinski definition) is 5. The van der Waals surface area contributed by atoms with Gasteiger partial charge in [0.25, 0.3) is 0 Å². The molecule has 0 spiro atoms. The Bertz CT molecular complexity index is 1820. The minimum absolute atomic E-state index is 0.0269. The van der Waals surface area contributed by atoms with Gasteiger partial charge in [0, 0.05) is 26.1 Å². The molecule has 0 bridgehead atoms. The average molecular weight is 602 g/mol. The van der Waals surface area contributed by atoms with Crippen LogP contribution in [0, 0.1) is 0 Å². The van der Waals surface area contributed by atoms with Gasteiger partial charge in [0.1, 0.15) is 22.8 Å². The predicted octanol–water partition coefficient (Wildman–Crippen LogP) is 7.50. The standard InChI is InChI=1S/C37H39N5O3/c1-5-32-38-31-20-21-33(41-23-11-22-40(36(41)44)24-26-12-7-6-8-13-26)39-34(31)42(32)25-27-16-18-28(19-17-27)29-14-9-10-15-30(29)35(43)45-37(2,3)4/h6-10,12-21H,5,11,22-25H2,1-4H3. The van der Waals surface area contributed by atoms with Gasteiger partial charge < -0.3 is 14.2 Å². The monoisotopic (exact) mass is 601 g/mol.